The van der Waals surface area contributed by atoms with Crippen molar-refractivity contribution in [2.45, 2.75) is 6.04 Å². The average Bonchev–Trinajstić information content (AvgIpc) is 2.82. The Hall–Kier alpha value is -0.400. The molecule has 2 unspecified atom stereocenters. The van der Waals surface area contributed by atoms with E-state index in [-0.39, 0.29) is 6.04 Å². The van der Waals surface area contributed by atoms with Crippen LogP contribution < -0.4 is 0 Å². The number of hydrogen-bond acceptors (Lipinski definition) is 4. The van der Waals surface area contributed by atoms with E-state index in [1.165, 1.54) is 18.9 Å². The first-order chi connectivity index (χ1) is 5.18. The zero-order chi connectivity index (χ0) is 8.48. The Balaban J connectivity index is 2.61. The third kappa shape index (κ3) is 1.44. The highest BCUT2D eigenvalue weighted by Crippen LogP contribution is 2.56. The summed E-state index contributed by atoms with van der Waals surface area (Å²) >= 11 is 0. The zero-order valence-corrected chi connectivity index (χ0v) is 7.25. The minimum atomic E-state index is -3.10. The van der Waals surface area contributed by atoms with Crippen LogP contribution in [0.4, 0.5) is 0 Å². The summed E-state index contributed by atoms with van der Waals surface area (Å²) in [5, 5.41) is 8.41. The van der Waals surface area contributed by atoms with Gasteiger partial charge < -0.3 is 0 Å². The lowest BCUT2D eigenvalue weighted by molar-refractivity contribution is 0.247. The smallest absolute Gasteiger partial charge is 0.300 e. The van der Waals surface area contributed by atoms with Gasteiger partial charge in [0.1, 0.15) is 6.04 Å². The molecule has 0 aromatic carbocycles. The Morgan fingerprint density at radius 3 is 2.45 bits per heavy atom. The van der Waals surface area contributed by atoms with E-state index >= 15 is 0 Å². The Bertz CT molecular complexity index is 228. The van der Waals surface area contributed by atoms with Gasteiger partial charge in [-0.25, -0.2) is 4.57 Å². The molecule has 0 saturated carbocycles. The number of nitriles is 1. The highest BCUT2D eigenvalue weighted by Gasteiger charge is 2.49. The first-order valence-electron chi connectivity index (χ1n) is 3.06. The predicted octanol–water partition coefficient (Wildman–Crippen LogP) is 0.595. The second kappa shape index (κ2) is 2.92. The van der Waals surface area contributed by atoms with Gasteiger partial charge in [0.05, 0.1) is 6.07 Å². The molecular formula is C5H9N2O3P. The Morgan fingerprint density at radius 2 is 2.18 bits per heavy atom. The minimum Gasteiger partial charge on any atom is -0.300 e. The van der Waals surface area contributed by atoms with E-state index in [1.807, 2.05) is 6.07 Å². The zero-order valence-electron chi connectivity index (χ0n) is 6.35. The molecule has 0 spiro atoms. The van der Waals surface area contributed by atoms with Gasteiger partial charge in [0.15, 0.2) is 0 Å². The van der Waals surface area contributed by atoms with Crippen molar-refractivity contribution in [3.8, 4) is 6.07 Å². The maximum absolute atomic E-state index is 11.4. The molecule has 0 bridgehead atoms. The molecule has 0 aromatic rings. The van der Waals surface area contributed by atoms with Crippen molar-refractivity contribution in [3.63, 3.8) is 0 Å². The van der Waals surface area contributed by atoms with E-state index in [1.54, 1.807) is 0 Å². The first-order valence-corrected chi connectivity index (χ1v) is 4.55. The maximum Gasteiger partial charge on any atom is 0.408 e. The monoisotopic (exact) mass is 176 g/mol. The SMILES string of the molecule is COP(=O)(OC)N1CC1C#N. The van der Waals surface area contributed by atoms with Crippen LogP contribution in [0.2, 0.25) is 0 Å². The molecule has 6 heteroatoms. The fourth-order valence-electron chi connectivity index (χ4n) is 0.793. The lowest BCUT2D eigenvalue weighted by Crippen LogP contribution is -2.01. The number of nitrogens with zero attached hydrogens (tertiary/aromatic N) is 2. The Labute approximate surface area is 65.1 Å². The third-order valence-corrected chi connectivity index (χ3v) is 3.51. The van der Waals surface area contributed by atoms with Crippen LogP contribution in [0.15, 0.2) is 0 Å². The topological polar surface area (TPSA) is 62.3 Å². The van der Waals surface area contributed by atoms with Gasteiger partial charge in [-0.3, -0.25) is 9.05 Å². The molecule has 0 radical (unpaired) electrons. The number of rotatable bonds is 3. The molecular weight excluding hydrogens is 167 g/mol. The molecule has 1 aliphatic rings. The van der Waals surface area contributed by atoms with Crippen LogP contribution in [-0.2, 0) is 13.6 Å². The van der Waals surface area contributed by atoms with E-state index in [9.17, 15) is 4.57 Å². The van der Waals surface area contributed by atoms with Crippen molar-refractivity contribution in [2.24, 2.45) is 0 Å². The fraction of sp³-hybridized carbons (Fsp3) is 0.800. The van der Waals surface area contributed by atoms with Crippen molar-refractivity contribution in [1.82, 2.24) is 4.67 Å². The van der Waals surface area contributed by atoms with E-state index in [2.05, 4.69) is 9.05 Å². The van der Waals surface area contributed by atoms with E-state index in [4.69, 9.17) is 5.26 Å². The summed E-state index contributed by atoms with van der Waals surface area (Å²) in [6.07, 6.45) is 0. The van der Waals surface area contributed by atoms with Gasteiger partial charge in [-0.05, 0) is 0 Å². The molecule has 0 aromatic heterocycles. The van der Waals surface area contributed by atoms with Gasteiger partial charge >= 0.3 is 7.75 Å². The van der Waals surface area contributed by atoms with Crippen LogP contribution >= 0.6 is 7.75 Å². The average molecular weight is 176 g/mol. The fourth-order valence-corrected chi connectivity index (χ4v) is 2.11. The van der Waals surface area contributed by atoms with Crippen molar-refractivity contribution in [2.75, 3.05) is 20.8 Å². The molecule has 1 rings (SSSR count). The van der Waals surface area contributed by atoms with E-state index in [0.29, 0.717) is 6.54 Å². The highest BCUT2D eigenvalue weighted by atomic mass is 31.2. The minimum absolute atomic E-state index is 0.305. The molecule has 0 aliphatic carbocycles. The summed E-state index contributed by atoms with van der Waals surface area (Å²) in [6, 6.07) is 1.65. The summed E-state index contributed by atoms with van der Waals surface area (Å²) in [5.41, 5.74) is 0. The lowest BCUT2D eigenvalue weighted by Gasteiger charge is -2.12. The predicted molar refractivity (Wildman–Crippen MR) is 37.7 cm³/mol. The second-order valence-corrected chi connectivity index (χ2v) is 4.28. The van der Waals surface area contributed by atoms with E-state index in [0.717, 1.165) is 0 Å². The summed E-state index contributed by atoms with van der Waals surface area (Å²) in [6.45, 7) is 0.468. The van der Waals surface area contributed by atoms with Crippen molar-refractivity contribution in [3.05, 3.63) is 0 Å². The molecule has 11 heavy (non-hydrogen) atoms. The first kappa shape index (κ1) is 8.69. The molecule has 0 amide bonds. The van der Waals surface area contributed by atoms with Crippen molar-refractivity contribution in [1.29, 1.82) is 5.26 Å². The van der Waals surface area contributed by atoms with Crippen molar-refractivity contribution >= 4 is 7.75 Å². The molecule has 62 valence electrons. The third-order valence-electron chi connectivity index (χ3n) is 1.51. The second-order valence-electron chi connectivity index (χ2n) is 2.10. The molecule has 1 aliphatic heterocycles. The van der Waals surface area contributed by atoms with Gasteiger partial charge in [0.2, 0.25) is 0 Å². The summed E-state index contributed by atoms with van der Waals surface area (Å²) < 4.78 is 22.1. The van der Waals surface area contributed by atoms with Gasteiger partial charge in [-0.1, -0.05) is 0 Å². The Kier molecular flexibility index (Phi) is 2.31. The van der Waals surface area contributed by atoms with Gasteiger partial charge in [0.25, 0.3) is 0 Å². The maximum atomic E-state index is 11.4. The molecule has 0 N–H and O–H groups in total. The normalized spacial score (nSPS) is 29.5. The van der Waals surface area contributed by atoms with Crippen LogP contribution in [-0.4, -0.2) is 31.5 Å². The van der Waals surface area contributed by atoms with Crippen LogP contribution in [0.25, 0.3) is 0 Å². The summed E-state index contributed by atoms with van der Waals surface area (Å²) in [5.74, 6) is 0. The molecule has 1 heterocycles. The van der Waals surface area contributed by atoms with Crippen LogP contribution in [0.5, 0.6) is 0 Å². The summed E-state index contributed by atoms with van der Waals surface area (Å²) in [4.78, 5) is 0. The summed E-state index contributed by atoms with van der Waals surface area (Å²) in [7, 11) is -0.499. The molecule has 5 nitrogen and oxygen atoms in total. The standard InChI is InChI=1S/C5H9N2O3P/c1-9-11(8,10-2)7-4-5(7)3-6/h5H,4H2,1-2H3. The molecule has 1 fully saturated rings. The largest absolute Gasteiger partial charge is 0.408 e. The van der Waals surface area contributed by atoms with E-state index < -0.39 is 7.75 Å². The van der Waals surface area contributed by atoms with Gasteiger partial charge in [0, 0.05) is 20.8 Å². The van der Waals surface area contributed by atoms with Gasteiger partial charge in [-0.2, -0.15) is 9.93 Å². The van der Waals surface area contributed by atoms with Gasteiger partial charge in [-0.15, -0.1) is 0 Å². The quantitative estimate of drug-likeness (QED) is 0.465. The lowest BCUT2D eigenvalue weighted by atomic mass is 10.6. The number of hydrogen-bond donors (Lipinski definition) is 0. The van der Waals surface area contributed by atoms with Crippen LogP contribution in [0, 0.1) is 11.3 Å². The van der Waals surface area contributed by atoms with Crippen LogP contribution in [0.1, 0.15) is 0 Å². The van der Waals surface area contributed by atoms with Crippen LogP contribution in [0.3, 0.4) is 0 Å². The Morgan fingerprint density at radius 1 is 1.64 bits per heavy atom. The molecule has 1 saturated heterocycles. The molecule has 2 atom stereocenters. The highest BCUT2D eigenvalue weighted by molar-refractivity contribution is 7.51. The van der Waals surface area contributed by atoms with Crippen molar-refractivity contribution < 1.29 is 13.6 Å².